The van der Waals surface area contributed by atoms with Gasteiger partial charge in [0.1, 0.15) is 0 Å². The molecule has 0 aliphatic carbocycles. The quantitative estimate of drug-likeness (QED) is 0.308. The first-order valence-corrected chi connectivity index (χ1v) is 3.17. The molecule has 18 heavy (non-hydrogen) atoms. The highest BCUT2D eigenvalue weighted by molar-refractivity contribution is 5.88. The Labute approximate surface area is 103 Å². The molecule has 0 amide bonds. The number of aliphatic hydroxyl groups is 1. The van der Waals surface area contributed by atoms with Crippen molar-refractivity contribution in [1.29, 1.82) is 0 Å². The van der Waals surface area contributed by atoms with Gasteiger partial charge in [-0.1, -0.05) is 0 Å². The Bertz CT molecular complexity index is 243. The molecule has 0 aromatic rings. The van der Waals surface area contributed by atoms with Gasteiger partial charge in [0.2, 0.25) is 0 Å². The van der Waals surface area contributed by atoms with Gasteiger partial charge in [0.15, 0.2) is 5.60 Å². The van der Waals surface area contributed by atoms with Crippen LogP contribution in [0.2, 0.25) is 0 Å². The van der Waals surface area contributed by atoms with Crippen LogP contribution < -0.4 is 30.8 Å². The fourth-order valence-corrected chi connectivity index (χ4v) is 0.714. The average molecular weight is 277 g/mol. The molecule has 0 atom stereocenters. The third kappa shape index (κ3) is 12.2. The molecule has 0 spiro atoms. The van der Waals surface area contributed by atoms with Crippen LogP contribution in [0.1, 0.15) is 12.8 Å². The number of hydrogen-bond donors (Lipinski definition) is 9. The van der Waals surface area contributed by atoms with Gasteiger partial charge in [-0.15, -0.1) is 0 Å². The number of hydrogen-bond acceptors (Lipinski definition) is 9. The second-order valence-electron chi connectivity index (χ2n) is 2.48. The molecule has 0 aromatic carbocycles. The molecule has 0 aliphatic rings. The molecule has 0 unspecified atom stereocenters. The second kappa shape index (κ2) is 13.2. The van der Waals surface area contributed by atoms with Crippen LogP contribution in [0, 0.1) is 0 Å². The molecular weight excluding hydrogens is 254 g/mol. The molecule has 0 fully saturated rings. The highest BCUT2D eigenvalue weighted by atomic mass is 16.4. The van der Waals surface area contributed by atoms with Crippen LogP contribution in [-0.2, 0) is 14.4 Å². The molecule has 0 radical (unpaired) electrons. The third-order valence-corrected chi connectivity index (χ3v) is 1.29. The summed E-state index contributed by atoms with van der Waals surface area (Å²) in [5.74, 6) is -5.02. The van der Waals surface area contributed by atoms with Crippen LogP contribution in [0.25, 0.3) is 0 Å². The third-order valence-electron chi connectivity index (χ3n) is 1.29. The standard InChI is InChI=1S/C6H8O7.5H3N/c7-3(8)1-6(13,5(11)12)2-4(9)10;;;;;/h13H,1-2H2,(H,7,8)(H,9,10)(H,11,12);5*1H3. The average Bonchev–Trinajstić information content (AvgIpc) is 1.82. The Kier molecular flexibility index (Phi) is 26.5. The molecule has 114 valence electrons. The molecule has 12 nitrogen and oxygen atoms in total. The molecular formula is C6H23N5O7. The molecule has 0 rings (SSSR count). The number of carbonyl (C=O) groups is 3. The van der Waals surface area contributed by atoms with Crippen molar-refractivity contribution in [2.75, 3.05) is 0 Å². The van der Waals surface area contributed by atoms with E-state index in [2.05, 4.69) is 0 Å². The predicted molar refractivity (Wildman–Crippen MR) is 62.2 cm³/mol. The normalized spacial score (nSPS) is 7.83. The highest BCUT2D eigenvalue weighted by Gasteiger charge is 2.40. The van der Waals surface area contributed by atoms with E-state index >= 15 is 0 Å². The van der Waals surface area contributed by atoms with E-state index in [0.29, 0.717) is 0 Å². The van der Waals surface area contributed by atoms with Gasteiger partial charge < -0.3 is 51.2 Å². The summed E-state index contributed by atoms with van der Waals surface area (Å²) in [6.07, 6.45) is -2.29. The second-order valence-corrected chi connectivity index (χ2v) is 2.48. The van der Waals surface area contributed by atoms with Crippen molar-refractivity contribution in [2.24, 2.45) is 0 Å². The van der Waals surface area contributed by atoms with Crippen LogP contribution in [0.15, 0.2) is 0 Å². The molecule has 0 heterocycles. The van der Waals surface area contributed by atoms with E-state index in [9.17, 15) is 14.4 Å². The Morgan fingerprint density at radius 1 is 0.722 bits per heavy atom. The maximum atomic E-state index is 10.3. The number of carboxylic acids is 3. The van der Waals surface area contributed by atoms with Crippen LogP contribution in [-0.4, -0.2) is 43.9 Å². The minimum Gasteiger partial charge on any atom is -0.481 e. The summed E-state index contributed by atoms with van der Waals surface area (Å²) in [6, 6.07) is 0. The van der Waals surface area contributed by atoms with Gasteiger partial charge in [-0.05, 0) is 0 Å². The van der Waals surface area contributed by atoms with Gasteiger partial charge in [0, 0.05) is 0 Å². The van der Waals surface area contributed by atoms with Crippen LogP contribution in [0.3, 0.4) is 0 Å². The fraction of sp³-hybridized carbons (Fsp3) is 0.500. The molecule has 0 aliphatic heterocycles. The molecule has 0 saturated heterocycles. The van der Waals surface area contributed by atoms with Crippen LogP contribution >= 0.6 is 0 Å². The summed E-state index contributed by atoms with van der Waals surface area (Å²) < 4.78 is 0. The lowest BCUT2D eigenvalue weighted by Crippen LogP contribution is -2.42. The van der Waals surface area contributed by atoms with Gasteiger partial charge in [-0.3, -0.25) is 9.59 Å². The Hall–Kier alpha value is -1.83. The van der Waals surface area contributed by atoms with Crippen molar-refractivity contribution in [3.05, 3.63) is 0 Å². The maximum Gasteiger partial charge on any atom is 0.336 e. The minimum atomic E-state index is -2.74. The zero-order chi connectivity index (χ0) is 10.6. The van der Waals surface area contributed by atoms with Crippen LogP contribution in [0.4, 0.5) is 0 Å². The topological polar surface area (TPSA) is 307 Å². The van der Waals surface area contributed by atoms with Crippen molar-refractivity contribution in [2.45, 2.75) is 18.4 Å². The Balaban J connectivity index is -0.0000000720. The lowest BCUT2D eigenvalue weighted by molar-refractivity contribution is -0.170. The number of aliphatic carboxylic acids is 3. The summed E-state index contributed by atoms with van der Waals surface area (Å²) in [5.41, 5.74) is -2.74. The number of carboxylic acid groups (broad SMARTS) is 3. The number of rotatable bonds is 5. The summed E-state index contributed by atoms with van der Waals surface area (Å²) in [4.78, 5) is 30.5. The van der Waals surface area contributed by atoms with Gasteiger partial charge in [0.05, 0.1) is 12.8 Å². The molecule has 0 aromatic heterocycles. The molecule has 0 bridgehead atoms. The molecule has 0 saturated carbocycles. The first kappa shape index (κ1) is 36.0. The van der Waals surface area contributed by atoms with Crippen molar-refractivity contribution >= 4 is 17.9 Å². The Morgan fingerprint density at radius 3 is 1.06 bits per heavy atom. The summed E-state index contributed by atoms with van der Waals surface area (Å²) >= 11 is 0. The van der Waals surface area contributed by atoms with E-state index in [0.717, 1.165) is 0 Å². The van der Waals surface area contributed by atoms with E-state index in [-0.39, 0.29) is 30.8 Å². The highest BCUT2D eigenvalue weighted by Crippen LogP contribution is 2.15. The van der Waals surface area contributed by atoms with Gasteiger partial charge in [-0.2, -0.15) is 0 Å². The summed E-state index contributed by atoms with van der Waals surface area (Å²) in [7, 11) is 0. The van der Waals surface area contributed by atoms with Crippen molar-refractivity contribution in [3.8, 4) is 0 Å². The first-order valence-electron chi connectivity index (χ1n) is 3.17. The van der Waals surface area contributed by atoms with Crippen molar-refractivity contribution in [1.82, 2.24) is 30.8 Å². The largest absolute Gasteiger partial charge is 0.481 e. The van der Waals surface area contributed by atoms with Crippen molar-refractivity contribution in [3.63, 3.8) is 0 Å². The summed E-state index contributed by atoms with van der Waals surface area (Å²) in [6.45, 7) is 0. The van der Waals surface area contributed by atoms with E-state index in [1.165, 1.54) is 0 Å². The summed E-state index contributed by atoms with van der Waals surface area (Å²) in [5, 5.41) is 33.8. The first-order chi connectivity index (χ1) is 5.78. The Morgan fingerprint density at radius 2 is 0.944 bits per heavy atom. The zero-order valence-electron chi connectivity index (χ0n) is 9.96. The lowest BCUT2D eigenvalue weighted by Gasteiger charge is -2.18. The van der Waals surface area contributed by atoms with Crippen molar-refractivity contribution < 1.29 is 34.8 Å². The minimum absolute atomic E-state index is 0. The zero-order valence-corrected chi connectivity index (χ0v) is 9.96. The lowest BCUT2D eigenvalue weighted by atomic mass is 9.96. The molecule has 19 N–H and O–H groups in total. The fourth-order valence-electron chi connectivity index (χ4n) is 0.714. The van der Waals surface area contributed by atoms with E-state index in [1.807, 2.05) is 0 Å². The smallest absolute Gasteiger partial charge is 0.336 e. The van der Waals surface area contributed by atoms with Gasteiger partial charge in [0.25, 0.3) is 0 Å². The van der Waals surface area contributed by atoms with Crippen LogP contribution in [0.5, 0.6) is 0 Å². The predicted octanol–water partition coefficient (Wildman–Crippen LogP) is -0.438. The van der Waals surface area contributed by atoms with E-state index < -0.39 is 36.4 Å². The van der Waals surface area contributed by atoms with E-state index in [1.54, 1.807) is 0 Å². The van der Waals surface area contributed by atoms with E-state index in [4.69, 9.17) is 20.4 Å². The SMILES string of the molecule is N.N.N.N.N.O=C(O)CC(O)(CC(=O)O)C(=O)O. The maximum absolute atomic E-state index is 10.3. The molecule has 12 heteroatoms. The van der Waals surface area contributed by atoms with Gasteiger partial charge >= 0.3 is 17.9 Å². The van der Waals surface area contributed by atoms with Gasteiger partial charge in [-0.25, -0.2) is 4.79 Å². The monoisotopic (exact) mass is 277 g/mol.